The maximum absolute atomic E-state index is 12.4. The fraction of sp³-hybridized carbons (Fsp3) is 0.500. The third-order valence-corrected chi connectivity index (χ3v) is 4.69. The number of likely N-dealkylation sites (tertiary alicyclic amines) is 1. The summed E-state index contributed by atoms with van der Waals surface area (Å²) in [7, 11) is 0. The van der Waals surface area contributed by atoms with Gasteiger partial charge in [0.25, 0.3) is 0 Å². The molecule has 0 bridgehead atoms. The number of piperidine rings is 1. The normalized spacial score (nSPS) is 21.6. The zero-order chi connectivity index (χ0) is 19.2. The van der Waals surface area contributed by atoms with Crippen molar-refractivity contribution in [2.75, 3.05) is 23.7 Å². The van der Waals surface area contributed by atoms with Gasteiger partial charge in [0.2, 0.25) is 0 Å². The lowest BCUT2D eigenvalue weighted by Crippen LogP contribution is -2.50. The molecule has 0 aromatic heterocycles. The number of nitrogens with zero attached hydrogens (tertiary/aromatic N) is 3. The van der Waals surface area contributed by atoms with Gasteiger partial charge in [-0.25, -0.2) is 9.59 Å². The van der Waals surface area contributed by atoms with Crippen molar-refractivity contribution in [3.8, 4) is 6.07 Å². The van der Waals surface area contributed by atoms with Gasteiger partial charge < -0.3 is 20.5 Å². The number of anilines is 2. The molecule has 26 heavy (non-hydrogen) atoms. The number of hydrogen-bond acceptors (Lipinski definition) is 5. The number of hydrogen-bond donors (Lipinski definition) is 2. The molecule has 3 rings (SSSR count). The van der Waals surface area contributed by atoms with E-state index in [1.807, 2.05) is 6.07 Å². The van der Waals surface area contributed by atoms with Gasteiger partial charge in [0, 0.05) is 24.7 Å². The fourth-order valence-electron chi connectivity index (χ4n) is 3.77. The fourth-order valence-corrected chi connectivity index (χ4v) is 3.77. The molecule has 0 saturated carbocycles. The summed E-state index contributed by atoms with van der Waals surface area (Å²) in [6.45, 7) is 6.12. The van der Waals surface area contributed by atoms with Crippen LogP contribution in [0, 0.1) is 11.3 Å². The van der Waals surface area contributed by atoms with Crippen LogP contribution in [0.4, 0.5) is 21.0 Å². The molecule has 2 heterocycles. The molecule has 2 aliphatic heterocycles. The van der Waals surface area contributed by atoms with Crippen molar-refractivity contribution in [2.24, 2.45) is 0 Å². The number of rotatable bonds is 0. The smallest absolute Gasteiger partial charge is 0.412 e. The first kappa shape index (κ1) is 17.9. The van der Waals surface area contributed by atoms with Gasteiger partial charge in [0.05, 0.1) is 17.3 Å². The Morgan fingerprint density at radius 2 is 2.08 bits per heavy atom. The first-order chi connectivity index (χ1) is 12.1. The Bertz CT molecular complexity index is 809. The number of fused-ring (bicyclic) bond motifs is 3. The number of carbonyl (C=O) groups is 2. The Labute approximate surface area is 151 Å². The van der Waals surface area contributed by atoms with E-state index in [0.29, 0.717) is 36.4 Å². The van der Waals surface area contributed by atoms with Crippen molar-refractivity contribution in [3.63, 3.8) is 0 Å². The van der Waals surface area contributed by atoms with Crippen LogP contribution in [-0.4, -0.2) is 46.9 Å². The van der Waals surface area contributed by atoms with Gasteiger partial charge in [-0.15, -0.1) is 0 Å². The van der Waals surface area contributed by atoms with E-state index in [4.69, 9.17) is 10.5 Å². The summed E-state index contributed by atoms with van der Waals surface area (Å²) in [6.07, 6.45) is -1.06. The Morgan fingerprint density at radius 1 is 1.38 bits per heavy atom. The molecule has 8 heteroatoms. The molecule has 138 valence electrons. The Morgan fingerprint density at radius 3 is 2.65 bits per heavy atom. The predicted molar refractivity (Wildman–Crippen MR) is 95.0 cm³/mol. The van der Waals surface area contributed by atoms with Crippen molar-refractivity contribution >= 4 is 23.6 Å². The molecule has 0 aliphatic carbocycles. The monoisotopic (exact) mass is 358 g/mol. The Balaban J connectivity index is 1.97. The molecule has 1 aromatic rings. The van der Waals surface area contributed by atoms with E-state index in [1.54, 1.807) is 31.7 Å². The number of benzene rings is 1. The molecular formula is C18H22N4O4. The first-order valence-corrected chi connectivity index (χ1v) is 8.46. The maximum atomic E-state index is 12.4. The number of nitrogen functional groups attached to an aromatic ring is 1. The molecule has 1 saturated heterocycles. The van der Waals surface area contributed by atoms with Crippen molar-refractivity contribution in [1.29, 1.82) is 5.26 Å². The van der Waals surface area contributed by atoms with E-state index in [1.165, 1.54) is 11.0 Å². The minimum Gasteiger partial charge on any atom is -0.465 e. The summed E-state index contributed by atoms with van der Waals surface area (Å²) in [4.78, 5) is 27.1. The van der Waals surface area contributed by atoms with Crippen LogP contribution in [0.3, 0.4) is 0 Å². The number of nitrogens with two attached hydrogens (primary N) is 1. The quantitative estimate of drug-likeness (QED) is 0.688. The van der Waals surface area contributed by atoms with Crippen LogP contribution in [-0.2, 0) is 4.74 Å². The van der Waals surface area contributed by atoms with Crippen LogP contribution in [0.25, 0.3) is 0 Å². The predicted octanol–water partition coefficient (Wildman–Crippen LogP) is 2.73. The van der Waals surface area contributed by atoms with E-state index in [-0.39, 0.29) is 17.5 Å². The molecule has 1 aromatic carbocycles. The summed E-state index contributed by atoms with van der Waals surface area (Å²) < 4.78 is 5.44. The van der Waals surface area contributed by atoms with Crippen molar-refractivity contribution < 1.29 is 19.4 Å². The largest absolute Gasteiger partial charge is 0.465 e. The number of carbonyl (C=O) groups excluding carboxylic acids is 1. The average molecular weight is 358 g/mol. The highest BCUT2D eigenvalue weighted by molar-refractivity contribution is 5.93. The highest BCUT2D eigenvalue weighted by Crippen LogP contribution is 2.47. The number of amides is 2. The van der Waals surface area contributed by atoms with Crippen LogP contribution in [0.1, 0.15) is 44.2 Å². The minimum atomic E-state index is -1.11. The van der Waals surface area contributed by atoms with Crippen molar-refractivity contribution in [3.05, 3.63) is 23.3 Å². The number of nitriles is 1. The lowest BCUT2D eigenvalue weighted by atomic mass is 9.88. The second kappa shape index (κ2) is 6.09. The van der Waals surface area contributed by atoms with Crippen LogP contribution in [0.15, 0.2) is 12.1 Å². The van der Waals surface area contributed by atoms with E-state index in [9.17, 15) is 20.0 Å². The highest BCUT2D eigenvalue weighted by atomic mass is 16.6. The van der Waals surface area contributed by atoms with Crippen molar-refractivity contribution in [2.45, 2.75) is 44.8 Å². The highest BCUT2D eigenvalue weighted by Gasteiger charge is 2.47. The molecule has 0 spiro atoms. The third kappa shape index (κ3) is 3.01. The topological polar surface area (TPSA) is 120 Å². The van der Waals surface area contributed by atoms with Gasteiger partial charge in [-0.3, -0.25) is 4.90 Å². The van der Waals surface area contributed by atoms with E-state index in [2.05, 4.69) is 0 Å². The van der Waals surface area contributed by atoms with Crippen LogP contribution < -0.4 is 10.6 Å². The second-order valence-corrected chi connectivity index (χ2v) is 7.66. The van der Waals surface area contributed by atoms with E-state index >= 15 is 0 Å². The first-order valence-electron chi connectivity index (χ1n) is 8.46. The molecule has 2 atom stereocenters. The zero-order valence-electron chi connectivity index (χ0n) is 15.0. The summed E-state index contributed by atoms with van der Waals surface area (Å²) in [5.74, 6) is -0.238. The third-order valence-electron chi connectivity index (χ3n) is 4.69. The van der Waals surface area contributed by atoms with Gasteiger partial charge in [-0.2, -0.15) is 5.26 Å². The zero-order valence-corrected chi connectivity index (χ0v) is 15.0. The van der Waals surface area contributed by atoms with Crippen molar-refractivity contribution in [1.82, 2.24) is 4.90 Å². The molecular weight excluding hydrogens is 336 g/mol. The van der Waals surface area contributed by atoms with Gasteiger partial charge in [0.1, 0.15) is 11.7 Å². The standard InChI is InChI=1S/C18H22N4O4/c1-18(2,3)26-17(25)21-5-4-14-13(9-21)12-7-11(20)6-10(8-19)15(12)22(14)16(23)24/h6-7,13-14H,4-5,9,20H2,1-3H3,(H,23,24)/t13-,14-/m1/s1. The lowest BCUT2D eigenvalue weighted by molar-refractivity contribution is 0.0190. The van der Waals surface area contributed by atoms with Crippen LogP contribution in [0.5, 0.6) is 0 Å². The van der Waals surface area contributed by atoms with Gasteiger partial charge in [-0.05, 0) is 44.9 Å². The summed E-state index contributed by atoms with van der Waals surface area (Å²) in [5, 5.41) is 19.1. The Hall–Kier alpha value is -2.95. The van der Waals surface area contributed by atoms with E-state index in [0.717, 1.165) is 0 Å². The number of ether oxygens (including phenoxy) is 1. The molecule has 0 radical (unpaired) electrons. The molecule has 1 fully saturated rings. The maximum Gasteiger partial charge on any atom is 0.412 e. The van der Waals surface area contributed by atoms with Crippen LogP contribution >= 0.6 is 0 Å². The average Bonchev–Trinajstić information content (AvgIpc) is 2.86. The van der Waals surface area contributed by atoms with E-state index < -0.39 is 17.8 Å². The number of carboxylic acid groups (broad SMARTS) is 1. The van der Waals surface area contributed by atoms with Gasteiger partial charge >= 0.3 is 12.2 Å². The SMILES string of the molecule is CC(C)(C)OC(=O)N1CC[C@@H]2[C@H](C1)c1cc(N)cc(C#N)c1N2C(=O)O. The van der Waals surface area contributed by atoms with Gasteiger partial charge in [0.15, 0.2) is 0 Å². The minimum absolute atomic E-state index is 0.237. The van der Waals surface area contributed by atoms with Crippen LogP contribution in [0.2, 0.25) is 0 Å². The lowest BCUT2D eigenvalue weighted by Gasteiger charge is -2.37. The second-order valence-electron chi connectivity index (χ2n) is 7.66. The summed E-state index contributed by atoms with van der Waals surface area (Å²) in [6, 6.07) is 4.90. The summed E-state index contributed by atoms with van der Waals surface area (Å²) >= 11 is 0. The molecule has 2 amide bonds. The molecule has 2 aliphatic rings. The molecule has 0 unspecified atom stereocenters. The van der Waals surface area contributed by atoms with Gasteiger partial charge in [-0.1, -0.05) is 0 Å². The summed E-state index contributed by atoms with van der Waals surface area (Å²) in [5.41, 5.74) is 7.02. The Kier molecular flexibility index (Phi) is 4.18. The molecule has 3 N–H and O–H groups in total. The molecule has 8 nitrogen and oxygen atoms in total.